The third-order valence-electron chi connectivity index (χ3n) is 4.61. The van der Waals surface area contributed by atoms with Gasteiger partial charge in [-0.1, -0.05) is 12.1 Å². The van der Waals surface area contributed by atoms with Crippen LogP contribution in [0, 0.1) is 5.82 Å². The molecular formula is C21H18FN3O3. The number of methoxy groups -OCH3 is 1. The summed E-state index contributed by atoms with van der Waals surface area (Å²) in [5, 5.41) is 14.8. The van der Waals surface area contributed by atoms with Crippen molar-refractivity contribution >= 4 is 5.52 Å². The van der Waals surface area contributed by atoms with Crippen LogP contribution in [0.5, 0.6) is 5.75 Å². The molecule has 142 valence electrons. The molecule has 0 radical (unpaired) electrons. The average molecular weight is 379 g/mol. The Kier molecular flexibility index (Phi) is 4.67. The van der Waals surface area contributed by atoms with Crippen LogP contribution in [0.4, 0.5) is 4.39 Å². The summed E-state index contributed by atoms with van der Waals surface area (Å²) in [6, 6.07) is 14.7. The molecule has 2 aromatic heterocycles. The summed E-state index contributed by atoms with van der Waals surface area (Å²) in [6.45, 7) is 0.0595. The first-order valence-electron chi connectivity index (χ1n) is 8.72. The van der Waals surface area contributed by atoms with E-state index in [9.17, 15) is 14.3 Å². The van der Waals surface area contributed by atoms with Crippen LogP contribution in [0.3, 0.4) is 0 Å². The molecule has 0 aliphatic rings. The smallest absolute Gasteiger partial charge is 0.276 e. The summed E-state index contributed by atoms with van der Waals surface area (Å²) in [7, 11) is 1.60. The van der Waals surface area contributed by atoms with E-state index in [2.05, 4.69) is 5.10 Å². The van der Waals surface area contributed by atoms with Gasteiger partial charge in [-0.2, -0.15) is 5.10 Å². The number of fused-ring (bicyclic) bond motifs is 1. The highest BCUT2D eigenvalue weighted by Gasteiger charge is 2.13. The highest BCUT2D eigenvalue weighted by molar-refractivity contribution is 5.66. The Morgan fingerprint density at radius 2 is 1.82 bits per heavy atom. The number of aliphatic hydroxyl groups excluding tert-OH is 1. The van der Waals surface area contributed by atoms with Crippen molar-refractivity contribution in [3.63, 3.8) is 0 Å². The molecule has 0 saturated heterocycles. The Morgan fingerprint density at radius 1 is 1.11 bits per heavy atom. The van der Waals surface area contributed by atoms with Crippen LogP contribution < -0.4 is 10.3 Å². The Morgan fingerprint density at radius 3 is 2.50 bits per heavy atom. The second-order valence-electron chi connectivity index (χ2n) is 6.41. The van der Waals surface area contributed by atoms with Gasteiger partial charge in [0.2, 0.25) is 0 Å². The standard InChI is InChI=1S/C21H18FN3O3/c1-28-17-8-4-14(5-9-17)18-12-19-21(27)24(10-11-25(19)23-18)13-20(26)15-2-6-16(22)7-3-15/h2-12,20,26H,13H2,1H3/t20-/m0/s1. The normalized spacial score (nSPS) is 12.2. The summed E-state index contributed by atoms with van der Waals surface area (Å²) in [5.74, 6) is 0.365. The van der Waals surface area contributed by atoms with Crippen LogP contribution in [-0.2, 0) is 6.54 Å². The van der Waals surface area contributed by atoms with Gasteiger partial charge in [0.05, 0.1) is 25.5 Å². The van der Waals surface area contributed by atoms with Gasteiger partial charge in [0.1, 0.15) is 17.1 Å². The fraction of sp³-hybridized carbons (Fsp3) is 0.143. The highest BCUT2D eigenvalue weighted by Crippen LogP contribution is 2.22. The number of ether oxygens (including phenoxy) is 1. The van der Waals surface area contributed by atoms with E-state index in [1.165, 1.54) is 33.3 Å². The van der Waals surface area contributed by atoms with E-state index in [0.29, 0.717) is 16.8 Å². The van der Waals surface area contributed by atoms with Gasteiger partial charge in [-0.15, -0.1) is 0 Å². The van der Waals surface area contributed by atoms with Gasteiger partial charge in [-0.25, -0.2) is 8.91 Å². The molecule has 2 heterocycles. The maximum absolute atomic E-state index is 13.0. The zero-order valence-corrected chi connectivity index (χ0v) is 15.1. The van der Waals surface area contributed by atoms with E-state index in [-0.39, 0.29) is 17.9 Å². The second-order valence-corrected chi connectivity index (χ2v) is 6.41. The van der Waals surface area contributed by atoms with Crippen LogP contribution in [0.1, 0.15) is 11.7 Å². The van der Waals surface area contributed by atoms with Gasteiger partial charge in [-0.05, 0) is 48.0 Å². The Hall–Kier alpha value is -3.45. The number of rotatable bonds is 5. The van der Waals surface area contributed by atoms with Crippen LogP contribution in [0.2, 0.25) is 0 Å². The molecule has 4 rings (SSSR count). The van der Waals surface area contributed by atoms with Crippen molar-refractivity contribution in [3.05, 3.63) is 88.7 Å². The fourth-order valence-electron chi connectivity index (χ4n) is 3.05. The van der Waals surface area contributed by atoms with Gasteiger partial charge in [0.15, 0.2) is 0 Å². The zero-order valence-electron chi connectivity index (χ0n) is 15.1. The quantitative estimate of drug-likeness (QED) is 0.579. The van der Waals surface area contributed by atoms with E-state index < -0.39 is 6.10 Å². The SMILES string of the molecule is COc1ccc(-c2cc3c(=O)n(C[C@H](O)c4ccc(F)cc4)ccn3n2)cc1. The molecule has 0 unspecified atom stereocenters. The van der Waals surface area contributed by atoms with Crippen molar-refractivity contribution in [1.29, 1.82) is 0 Å². The number of aromatic nitrogens is 3. The van der Waals surface area contributed by atoms with E-state index in [1.54, 1.807) is 25.6 Å². The number of hydrogen-bond acceptors (Lipinski definition) is 4. The van der Waals surface area contributed by atoms with E-state index in [0.717, 1.165) is 11.3 Å². The summed E-state index contributed by atoms with van der Waals surface area (Å²) < 4.78 is 21.1. The average Bonchev–Trinajstić information content (AvgIpc) is 3.16. The molecule has 0 aliphatic heterocycles. The molecule has 0 spiro atoms. The summed E-state index contributed by atoms with van der Waals surface area (Å²) in [6.07, 6.45) is 2.32. The van der Waals surface area contributed by atoms with Gasteiger partial charge < -0.3 is 14.4 Å². The lowest BCUT2D eigenvalue weighted by Gasteiger charge is -2.13. The van der Waals surface area contributed by atoms with Crippen molar-refractivity contribution in [1.82, 2.24) is 14.2 Å². The molecule has 4 aromatic rings. The lowest BCUT2D eigenvalue weighted by molar-refractivity contribution is 0.155. The summed E-state index contributed by atoms with van der Waals surface area (Å²) in [5.41, 5.74) is 2.20. The summed E-state index contributed by atoms with van der Waals surface area (Å²) in [4.78, 5) is 12.8. The van der Waals surface area contributed by atoms with Crippen molar-refractivity contribution in [3.8, 4) is 17.0 Å². The monoisotopic (exact) mass is 379 g/mol. The first-order chi connectivity index (χ1) is 13.5. The van der Waals surface area contributed by atoms with Crippen LogP contribution in [-0.4, -0.2) is 26.4 Å². The number of benzene rings is 2. The fourth-order valence-corrected chi connectivity index (χ4v) is 3.05. The molecule has 0 aliphatic carbocycles. The van der Waals surface area contributed by atoms with E-state index >= 15 is 0 Å². The first-order valence-corrected chi connectivity index (χ1v) is 8.72. The summed E-state index contributed by atoms with van der Waals surface area (Å²) >= 11 is 0. The van der Waals surface area contributed by atoms with Crippen molar-refractivity contribution in [2.24, 2.45) is 0 Å². The molecule has 0 fully saturated rings. The molecule has 0 saturated carbocycles. The second kappa shape index (κ2) is 7.28. The minimum Gasteiger partial charge on any atom is -0.497 e. The molecule has 0 amide bonds. The maximum atomic E-state index is 13.0. The number of hydrogen-bond donors (Lipinski definition) is 1. The molecule has 28 heavy (non-hydrogen) atoms. The Balaban J connectivity index is 1.64. The van der Waals surface area contributed by atoms with Crippen molar-refractivity contribution in [2.75, 3.05) is 7.11 Å². The topological polar surface area (TPSA) is 68.8 Å². The lowest BCUT2D eigenvalue weighted by atomic mass is 10.1. The molecule has 1 atom stereocenters. The largest absolute Gasteiger partial charge is 0.497 e. The maximum Gasteiger partial charge on any atom is 0.276 e. The number of halogens is 1. The van der Waals surface area contributed by atoms with Gasteiger partial charge >= 0.3 is 0 Å². The van der Waals surface area contributed by atoms with Crippen molar-refractivity contribution < 1.29 is 14.2 Å². The molecule has 6 nitrogen and oxygen atoms in total. The van der Waals surface area contributed by atoms with E-state index in [4.69, 9.17) is 4.74 Å². The van der Waals surface area contributed by atoms with Gasteiger partial charge in [0.25, 0.3) is 5.56 Å². The third-order valence-corrected chi connectivity index (χ3v) is 4.61. The highest BCUT2D eigenvalue weighted by atomic mass is 19.1. The van der Waals surface area contributed by atoms with E-state index in [1.807, 2.05) is 24.3 Å². The molecule has 0 bridgehead atoms. The predicted octanol–water partition coefficient (Wildman–Crippen LogP) is 3.04. The molecule has 1 N–H and O–H groups in total. The third kappa shape index (κ3) is 3.39. The Labute approximate surface area is 160 Å². The van der Waals surface area contributed by atoms with Crippen LogP contribution >= 0.6 is 0 Å². The zero-order chi connectivity index (χ0) is 19.7. The Bertz CT molecular complexity index is 1160. The molecule has 7 heteroatoms. The first kappa shape index (κ1) is 17.9. The van der Waals surface area contributed by atoms with Gasteiger partial charge in [0, 0.05) is 18.0 Å². The molecule has 2 aromatic carbocycles. The number of aliphatic hydroxyl groups is 1. The van der Waals surface area contributed by atoms with Crippen LogP contribution in [0.15, 0.2) is 71.8 Å². The minimum atomic E-state index is -0.926. The lowest BCUT2D eigenvalue weighted by Crippen LogP contribution is -2.24. The van der Waals surface area contributed by atoms with Gasteiger partial charge in [-0.3, -0.25) is 4.79 Å². The minimum absolute atomic E-state index is 0.0595. The van der Waals surface area contributed by atoms with Crippen molar-refractivity contribution in [2.45, 2.75) is 12.6 Å². The predicted molar refractivity (Wildman–Crippen MR) is 103 cm³/mol. The molecular weight excluding hydrogens is 361 g/mol. The number of nitrogens with zero attached hydrogens (tertiary/aromatic N) is 3. The van der Waals surface area contributed by atoms with Crippen LogP contribution in [0.25, 0.3) is 16.8 Å².